The highest BCUT2D eigenvalue weighted by atomic mass is 127. The first-order chi connectivity index (χ1) is 15.5. The summed E-state index contributed by atoms with van der Waals surface area (Å²) in [6.07, 6.45) is 8.23. The third-order valence-corrected chi connectivity index (χ3v) is 6.16. The fourth-order valence-corrected chi connectivity index (χ4v) is 4.41. The zero-order chi connectivity index (χ0) is 22.2. The number of pyridine rings is 3. The molecule has 1 amide bonds. The van der Waals surface area contributed by atoms with Crippen molar-refractivity contribution in [3.8, 4) is 11.1 Å². The molecule has 5 rings (SSSR count). The first-order valence-electron chi connectivity index (χ1n) is 9.60. The van der Waals surface area contributed by atoms with Gasteiger partial charge in [-0.3, -0.25) is 17.5 Å². The Kier molecular flexibility index (Phi) is 5.48. The molecule has 0 aliphatic heterocycles. The molecule has 1 aromatic carbocycles. The molecule has 158 valence electrons. The van der Waals surface area contributed by atoms with Crippen LogP contribution in [0.5, 0.6) is 0 Å². The second-order valence-corrected chi connectivity index (χ2v) is 8.59. The topological polar surface area (TPSA) is 72.7 Å². The minimum Gasteiger partial charge on any atom is -0.348 e. The highest BCUT2D eigenvalue weighted by Crippen LogP contribution is 2.35. The van der Waals surface area contributed by atoms with Crippen LogP contribution in [0.4, 0.5) is 4.39 Å². The minimum atomic E-state index is -0.465. The largest absolute Gasteiger partial charge is 0.348 e. The zero-order valence-electron chi connectivity index (χ0n) is 16.4. The third-order valence-electron chi connectivity index (χ3n) is 5.10. The van der Waals surface area contributed by atoms with Crippen LogP contribution in [0.2, 0.25) is 5.02 Å². The summed E-state index contributed by atoms with van der Waals surface area (Å²) in [6, 6.07) is 10.3. The van der Waals surface area contributed by atoms with Crippen molar-refractivity contribution in [1.82, 2.24) is 23.0 Å². The molecular formula is C23H14ClFIN5O. The Morgan fingerprint density at radius 3 is 2.81 bits per heavy atom. The van der Waals surface area contributed by atoms with Gasteiger partial charge in [0.1, 0.15) is 17.0 Å². The number of nitrogens with zero attached hydrogens (tertiary/aromatic N) is 4. The van der Waals surface area contributed by atoms with Crippen molar-refractivity contribution in [1.29, 1.82) is 0 Å². The standard InChI is InChI=1S/C23H14ClFIN5O/c24-19-3-5-28-21-17(19)6-14(8-20(21)25)18-12-31(26)22-16(18)7-15(11-29-22)23(32)30-10-13-2-1-4-27-9-13/h1-9,11-12H,10H2,(H,30,32). The van der Waals surface area contributed by atoms with E-state index in [2.05, 4.69) is 43.1 Å². The Morgan fingerprint density at radius 2 is 2.00 bits per heavy atom. The van der Waals surface area contributed by atoms with Gasteiger partial charge < -0.3 is 5.32 Å². The van der Waals surface area contributed by atoms with Crippen molar-refractivity contribution in [3.05, 3.63) is 89.3 Å². The lowest BCUT2D eigenvalue weighted by Gasteiger charge is -2.07. The molecule has 32 heavy (non-hydrogen) atoms. The van der Waals surface area contributed by atoms with E-state index >= 15 is 0 Å². The second kappa shape index (κ2) is 8.44. The summed E-state index contributed by atoms with van der Waals surface area (Å²) in [4.78, 5) is 25.3. The summed E-state index contributed by atoms with van der Waals surface area (Å²) in [7, 11) is 0. The van der Waals surface area contributed by atoms with E-state index in [4.69, 9.17) is 11.6 Å². The van der Waals surface area contributed by atoms with Gasteiger partial charge in [-0.15, -0.1) is 0 Å². The van der Waals surface area contributed by atoms with Crippen LogP contribution in [0, 0.1) is 5.82 Å². The number of carbonyl (C=O) groups excluding carboxylic acids is 1. The molecule has 0 unspecified atom stereocenters. The monoisotopic (exact) mass is 557 g/mol. The summed E-state index contributed by atoms with van der Waals surface area (Å²) in [5.41, 5.74) is 3.55. The van der Waals surface area contributed by atoms with Gasteiger partial charge in [-0.2, -0.15) is 0 Å². The van der Waals surface area contributed by atoms with E-state index < -0.39 is 5.82 Å². The van der Waals surface area contributed by atoms with Gasteiger partial charge in [0.15, 0.2) is 0 Å². The van der Waals surface area contributed by atoms with Gasteiger partial charge in [-0.1, -0.05) is 17.7 Å². The Morgan fingerprint density at radius 1 is 1.12 bits per heavy atom. The number of fused-ring (bicyclic) bond motifs is 2. The van der Waals surface area contributed by atoms with E-state index in [9.17, 15) is 9.18 Å². The second-order valence-electron chi connectivity index (χ2n) is 7.14. The van der Waals surface area contributed by atoms with Gasteiger partial charge in [0.2, 0.25) is 0 Å². The number of hydrogen-bond acceptors (Lipinski definition) is 4. The molecule has 0 spiro atoms. The van der Waals surface area contributed by atoms with Crippen LogP contribution in [0.15, 0.2) is 67.4 Å². The summed E-state index contributed by atoms with van der Waals surface area (Å²) < 4.78 is 16.6. The van der Waals surface area contributed by atoms with Crippen LogP contribution < -0.4 is 5.32 Å². The first-order valence-corrected chi connectivity index (χ1v) is 10.9. The quantitative estimate of drug-likeness (QED) is 0.294. The van der Waals surface area contributed by atoms with Gasteiger partial charge in [0.25, 0.3) is 5.91 Å². The number of hydrogen-bond donors (Lipinski definition) is 1. The van der Waals surface area contributed by atoms with Crippen LogP contribution in [0.1, 0.15) is 15.9 Å². The molecule has 0 saturated carbocycles. The Hall–Kier alpha value is -3.11. The van der Waals surface area contributed by atoms with Crippen LogP contribution in [-0.2, 0) is 6.54 Å². The van der Waals surface area contributed by atoms with E-state index in [0.717, 1.165) is 16.5 Å². The summed E-state index contributed by atoms with van der Waals surface area (Å²) in [5, 5.41) is 4.55. The van der Waals surface area contributed by atoms with Crippen molar-refractivity contribution in [2.75, 3.05) is 0 Å². The van der Waals surface area contributed by atoms with Crippen molar-refractivity contribution < 1.29 is 9.18 Å². The Balaban J connectivity index is 1.55. The predicted octanol–water partition coefficient (Wildman–Crippen LogP) is 5.57. The van der Waals surface area contributed by atoms with E-state index in [1.165, 1.54) is 18.5 Å². The predicted molar refractivity (Wildman–Crippen MR) is 130 cm³/mol. The van der Waals surface area contributed by atoms with Gasteiger partial charge in [0.05, 0.1) is 33.5 Å². The number of rotatable bonds is 4. The number of benzene rings is 1. The van der Waals surface area contributed by atoms with Gasteiger partial charge in [-0.05, 0) is 41.5 Å². The molecule has 0 saturated heterocycles. The molecule has 5 aromatic rings. The molecular weight excluding hydrogens is 544 g/mol. The average molecular weight is 558 g/mol. The summed E-state index contributed by atoms with van der Waals surface area (Å²) in [5.74, 6) is -0.722. The van der Waals surface area contributed by atoms with E-state index in [-0.39, 0.29) is 11.4 Å². The van der Waals surface area contributed by atoms with Crippen LogP contribution in [0.3, 0.4) is 0 Å². The smallest absolute Gasteiger partial charge is 0.253 e. The van der Waals surface area contributed by atoms with Crippen molar-refractivity contribution in [3.63, 3.8) is 0 Å². The highest BCUT2D eigenvalue weighted by molar-refractivity contribution is 14.1. The summed E-state index contributed by atoms with van der Waals surface area (Å²) >= 11 is 8.39. The third kappa shape index (κ3) is 3.80. The van der Waals surface area contributed by atoms with Crippen molar-refractivity contribution >= 4 is 62.3 Å². The SMILES string of the molecule is O=C(NCc1cccnc1)c1cnc2c(c1)c(-c1cc(F)c3nccc(Cl)c3c1)cn2I. The molecule has 4 heterocycles. The van der Waals surface area contributed by atoms with E-state index in [1.54, 1.807) is 30.6 Å². The van der Waals surface area contributed by atoms with Crippen molar-refractivity contribution in [2.45, 2.75) is 6.54 Å². The van der Waals surface area contributed by atoms with Crippen LogP contribution >= 0.6 is 34.5 Å². The molecule has 9 heteroatoms. The normalized spacial score (nSPS) is 11.2. The maximum atomic E-state index is 14.8. The lowest BCUT2D eigenvalue weighted by Crippen LogP contribution is -2.22. The molecule has 0 radical (unpaired) electrons. The van der Waals surface area contributed by atoms with Gasteiger partial charge in [-0.25, -0.2) is 9.37 Å². The van der Waals surface area contributed by atoms with E-state index in [0.29, 0.717) is 33.7 Å². The lowest BCUT2D eigenvalue weighted by atomic mass is 10.0. The molecule has 0 fully saturated rings. The number of nitrogens with one attached hydrogen (secondary N) is 1. The lowest BCUT2D eigenvalue weighted by molar-refractivity contribution is 0.0950. The Bertz CT molecular complexity index is 1490. The molecule has 6 nitrogen and oxygen atoms in total. The van der Waals surface area contributed by atoms with Crippen LogP contribution in [-0.4, -0.2) is 23.6 Å². The molecule has 1 N–H and O–H groups in total. The van der Waals surface area contributed by atoms with Crippen molar-refractivity contribution in [2.24, 2.45) is 0 Å². The fraction of sp³-hybridized carbons (Fsp3) is 0.0435. The van der Waals surface area contributed by atoms with Gasteiger partial charge >= 0.3 is 0 Å². The zero-order valence-corrected chi connectivity index (χ0v) is 19.3. The molecule has 0 aliphatic rings. The Labute approximate surface area is 201 Å². The number of amides is 1. The maximum absolute atomic E-state index is 14.8. The first kappa shape index (κ1) is 20.8. The number of aromatic nitrogens is 4. The maximum Gasteiger partial charge on any atom is 0.253 e. The molecule has 4 aromatic heterocycles. The van der Waals surface area contributed by atoms with Gasteiger partial charge in [0, 0.05) is 53.9 Å². The fourth-order valence-electron chi connectivity index (χ4n) is 3.55. The summed E-state index contributed by atoms with van der Waals surface area (Å²) in [6.45, 7) is 0.353. The number of halogens is 3. The van der Waals surface area contributed by atoms with Crippen LogP contribution in [0.25, 0.3) is 33.1 Å². The molecule has 0 atom stereocenters. The minimum absolute atomic E-state index is 0.216. The van der Waals surface area contributed by atoms with E-state index in [1.807, 2.05) is 21.1 Å². The highest BCUT2D eigenvalue weighted by Gasteiger charge is 2.17. The molecule has 0 bridgehead atoms. The average Bonchev–Trinajstić information content (AvgIpc) is 3.14. The molecule has 0 aliphatic carbocycles. The number of carbonyl (C=O) groups is 1.